The number of hydrogen-bond donors (Lipinski definition) is 1. The zero-order valence-corrected chi connectivity index (χ0v) is 17.3. The number of benzene rings is 2. The monoisotopic (exact) mass is 411 g/mol. The number of para-hydroxylation sites is 1. The zero-order chi connectivity index (χ0) is 21.3. The minimum Gasteiger partial charge on any atom is -0.350 e. The van der Waals surface area contributed by atoms with E-state index in [1.165, 1.54) is 0 Å². The van der Waals surface area contributed by atoms with Crippen molar-refractivity contribution < 1.29 is 9.59 Å². The highest BCUT2D eigenvalue weighted by atomic mass is 16.2. The second kappa shape index (κ2) is 7.99. The number of hydrogen-bond acceptors (Lipinski definition) is 3. The minimum absolute atomic E-state index is 0.0162. The fraction of sp³-hybridized carbons (Fsp3) is 0.269. The second-order valence-corrected chi connectivity index (χ2v) is 8.35. The molecule has 3 aromatic rings. The van der Waals surface area contributed by atoms with E-state index in [-0.39, 0.29) is 11.8 Å². The third-order valence-corrected chi connectivity index (χ3v) is 6.60. The van der Waals surface area contributed by atoms with Crippen molar-refractivity contribution in [2.75, 3.05) is 4.90 Å². The lowest BCUT2D eigenvalue weighted by Crippen LogP contribution is -2.61. The van der Waals surface area contributed by atoms with Gasteiger partial charge in [0.25, 0.3) is 5.91 Å². The van der Waals surface area contributed by atoms with Crippen molar-refractivity contribution in [1.82, 2.24) is 10.3 Å². The van der Waals surface area contributed by atoms with Crippen LogP contribution in [-0.2, 0) is 11.3 Å². The molecule has 2 aliphatic rings. The fourth-order valence-electron chi connectivity index (χ4n) is 5.30. The minimum atomic E-state index is -0.555. The van der Waals surface area contributed by atoms with Crippen LogP contribution in [0.1, 0.15) is 53.2 Å². The van der Waals surface area contributed by atoms with Gasteiger partial charge in [-0.05, 0) is 48.7 Å². The molecule has 2 heterocycles. The fourth-order valence-corrected chi connectivity index (χ4v) is 5.30. The molecule has 2 aromatic carbocycles. The van der Waals surface area contributed by atoms with Crippen molar-refractivity contribution in [1.29, 1.82) is 0 Å². The molecule has 0 unspecified atom stereocenters. The molecular weight excluding hydrogens is 386 g/mol. The summed E-state index contributed by atoms with van der Waals surface area (Å²) in [5.41, 5.74) is 2.56. The molecule has 5 rings (SSSR count). The highest BCUT2D eigenvalue weighted by Gasteiger charge is 2.56. The van der Waals surface area contributed by atoms with E-state index in [1.807, 2.05) is 77.7 Å². The van der Waals surface area contributed by atoms with E-state index in [0.717, 1.165) is 42.6 Å². The molecule has 5 nitrogen and oxygen atoms in total. The van der Waals surface area contributed by atoms with E-state index in [4.69, 9.17) is 0 Å². The molecular formula is C26H25N3O2. The number of rotatable bonds is 4. The van der Waals surface area contributed by atoms with Crippen molar-refractivity contribution in [2.24, 2.45) is 0 Å². The van der Waals surface area contributed by atoms with Crippen LogP contribution in [0.3, 0.4) is 0 Å². The van der Waals surface area contributed by atoms with Crippen molar-refractivity contribution >= 4 is 17.5 Å². The zero-order valence-electron chi connectivity index (χ0n) is 17.3. The van der Waals surface area contributed by atoms with Gasteiger partial charge in [-0.25, -0.2) is 0 Å². The Balaban J connectivity index is 1.59. The highest BCUT2D eigenvalue weighted by molar-refractivity contribution is 6.12. The van der Waals surface area contributed by atoms with Gasteiger partial charge in [0, 0.05) is 17.4 Å². The summed E-state index contributed by atoms with van der Waals surface area (Å²) in [7, 11) is 0. The van der Waals surface area contributed by atoms with Gasteiger partial charge in [0.05, 0.1) is 23.7 Å². The maximum atomic E-state index is 13.7. The van der Waals surface area contributed by atoms with E-state index >= 15 is 0 Å². The van der Waals surface area contributed by atoms with E-state index in [2.05, 4.69) is 10.3 Å². The molecule has 1 atom stereocenters. The third kappa shape index (κ3) is 3.30. The molecule has 2 amide bonds. The molecule has 1 spiro atoms. The number of nitrogens with one attached hydrogen (secondary N) is 1. The number of aromatic nitrogens is 1. The van der Waals surface area contributed by atoms with Crippen LogP contribution >= 0.6 is 0 Å². The summed E-state index contributed by atoms with van der Waals surface area (Å²) in [6, 6.07) is 23.0. The topological polar surface area (TPSA) is 62.3 Å². The predicted octanol–water partition coefficient (Wildman–Crippen LogP) is 4.45. The Morgan fingerprint density at radius 2 is 1.68 bits per heavy atom. The molecule has 0 bridgehead atoms. The lowest BCUT2D eigenvalue weighted by Gasteiger charge is -2.50. The van der Waals surface area contributed by atoms with Gasteiger partial charge in [0.2, 0.25) is 5.91 Å². The smallest absolute Gasteiger partial charge is 0.259 e. The Bertz CT molecular complexity index is 1090. The molecule has 0 saturated heterocycles. The quantitative estimate of drug-likeness (QED) is 0.690. The standard InChI is InChI=1S/C26H25N3O2/c30-24(28-18-19-10-6-9-17-27-19)23-21-13-4-5-14-22(21)25(31)29(20-11-2-1-3-12-20)26(23)15-7-8-16-26/h1-6,9-14,17,23H,7-8,15-16,18H2,(H,28,30)/t23-/m1/s1. The number of amides is 2. The van der Waals surface area contributed by atoms with Gasteiger partial charge >= 0.3 is 0 Å². The van der Waals surface area contributed by atoms with Gasteiger partial charge in [-0.1, -0.05) is 55.3 Å². The van der Waals surface area contributed by atoms with Crippen LogP contribution in [0, 0.1) is 0 Å². The van der Waals surface area contributed by atoms with E-state index in [9.17, 15) is 9.59 Å². The summed E-state index contributed by atoms with van der Waals surface area (Å²) in [4.78, 5) is 33.6. The van der Waals surface area contributed by atoms with Crippen LogP contribution in [0.5, 0.6) is 0 Å². The van der Waals surface area contributed by atoms with Crippen LogP contribution in [0.25, 0.3) is 0 Å². The van der Waals surface area contributed by atoms with Crippen molar-refractivity contribution in [3.05, 3.63) is 95.8 Å². The van der Waals surface area contributed by atoms with Gasteiger partial charge < -0.3 is 10.2 Å². The molecule has 5 heteroatoms. The Morgan fingerprint density at radius 3 is 2.42 bits per heavy atom. The van der Waals surface area contributed by atoms with Crippen molar-refractivity contribution in [3.63, 3.8) is 0 Å². The number of anilines is 1. The normalized spacial score (nSPS) is 19.3. The number of fused-ring (bicyclic) bond motifs is 1. The lowest BCUT2D eigenvalue weighted by atomic mass is 9.70. The SMILES string of the molecule is O=C(NCc1ccccn1)[C@H]1c2ccccc2C(=O)N(c2ccccc2)C12CCCC2. The van der Waals surface area contributed by atoms with Gasteiger partial charge in [-0.2, -0.15) is 0 Å². The van der Waals surface area contributed by atoms with Crippen LogP contribution in [0.4, 0.5) is 5.69 Å². The Kier molecular flexibility index (Phi) is 5.02. The van der Waals surface area contributed by atoms with E-state index in [1.54, 1.807) is 6.20 Å². The van der Waals surface area contributed by atoms with Crippen molar-refractivity contribution in [3.8, 4) is 0 Å². The maximum absolute atomic E-state index is 13.7. The third-order valence-electron chi connectivity index (χ3n) is 6.60. The predicted molar refractivity (Wildman–Crippen MR) is 120 cm³/mol. The first-order chi connectivity index (χ1) is 15.2. The summed E-state index contributed by atoms with van der Waals surface area (Å²) in [5, 5.41) is 3.11. The Hall–Kier alpha value is -3.47. The Labute approximate surface area is 182 Å². The summed E-state index contributed by atoms with van der Waals surface area (Å²) in [5.74, 6) is -0.487. The molecule has 1 aromatic heterocycles. The van der Waals surface area contributed by atoms with Crippen LogP contribution < -0.4 is 10.2 Å². The van der Waals surface area contributed by atoms with Gasteiger partial charge in [0.1, 0.15) is 0 Å². The largest absolute Gasteiger partial charge is 0.350 e. The lowest BCUT2D eigenvalue weighted by molar-refractivity contribution is -0.124. The number of pyridine rings is 1. The molecule has 1 saturated carbocycles. The first-order valence-corrected chi connectivity index (χ1v) is 10.9. The van der Waals surface area contributed by atoms with Gasteiger partial charge in [-0.15, -0.1) is 0 Å². The second-order valence-electron chi connectivity index (χ2n) is 8.35. The highest BCUT2D eigenvalue weighted by Crippen LogP contribution is 2.51. The molecule has 1 fully saturated rings. The van der Waals surface area contributed by atoms with E-state index in [0.29, 0.717) is 12.1 Å². The summed E-state index contributed by atoms with van der Waals surface area (Å²) in [6.07, 6.45) is 5.35. The molecule has 31 heavy (non-hydrogen) atoms. The first kappa shape index (κ1) is 19.5. The average molecular weight is 412 g/mol. The molecule has 0 radical (unpaired) electrons. The van der Waals surface area contributed by atoms with Gasteiger partial charge in [-0.3, -0.25) is 14.6 Å². The molecule has 1 aliphatic heterocycles. The molecule has 156 valence electrons. The van der Waals surface area contributed by atoms with Crippen LogP contribution in [0.15, 0.2) is 79.0 Å². The van der Waals surface area contributed by atoms with Gasteiger partial charge in [0.15, 0.2) is 0 Å². The van der Waals surface area contributed by atoms with Crippen LogP contribution in [-0.4, -0.2) is 22.3 Å². The van der Waals surface area contributed by atoms with Crippen LogP contribution in [0.2, 0.25) is 0 Å². The van der Waals surface area contributed by atoms with Crippen molar-refractivity contribution in [2.45, 2.75) is 43.7 Å². The van der Waals surface area contributed by atoms with E-state index < -0.39 is 11.5 Å². The average Bonchev–Trinajstić information content (AvgIpc) is 3.28. The number of carbonyl (C=O) groups excluding carboxylic acids is 2. The first-order valence-electron chi connectivity index (χ1n) is 10.9. The molecule has 1 N–H and O–H groups in total. The summed E-state index contributed by atoms with van der Waals surface area (Å²) in [6.45, 7) is 0.369. The maximum Gasteiger partial charge on any atom is 0.259 e. The summed E-state index contributed by atoms with van der Waals surface area (Å²) < 4.78 is 0. The Morgan fingerprint density at radius 1 is 0.968 bits per heavy atom. The number of carbonyl (C=O) groups is 2. The number of nitrogens with zero attached hydrogens (tertiary/aromatic N) is 2. The summed E-state index contributed by atoms with van der Waals surface area (Å²) >= 11 is 0. The molecule has 1 aliphatic carbocycles.